The van der Waals surface area contributed by atoms with Crippen LogP contribution in [0.4, 0.5) is 5.82 Å². The van der Waals surface area contributed by atoms with Crippen molar-refractivity contribution in [1.82, 2.24) is 9.88 Å². The SMILES string of the molecule is CCCc1cc(C(=O)N2CC3CCC(C2)O3)cc(NN)n1. The Balaban J connectivity index is 1.81. The second-order valence-corrected chi connectivity index (χ2v) is 5.79. The van der Waals surface area contributed by atoms with Gasteiger partial charge in [-0.2, -0.15) is 0 Å². The van der Waals surface area contributed by atoms with Gasteiger partial charge in [-0.3, -0.25) is 4.79 Å². The molecule has 3 heterocycles. The third-order valence-electron chi connectivity index (χ3n) is 4.11. The maximum Gasteiger partial charge on any atom is 0.254 e. The van der Waals surface area contributed by atoms with Gasteiger partial charge in [0.05, 0.1) is 12.2 Å². The zero-order chi connectivity index (χ0) is 14.8. The second kappa shape index (κ2) is 5.99. The molecular weight excluding hydrogens is 268 g/mol. The van der Waals surface area contributed by atoms with Gasteiger partial charge in [0.15, 0.2) is 0 Å². The minimum absolute atomic E-state index is 0.0476. The summed E-state index contributed by atoms with van der Waals surface area (Å²) < 4.78 is 5.78. The summed E-state index contributed by atoms with van der Waals surface area (Å²) in [5, 5.41) is 0. The molecule has 1 aromatic heterocycles. The van der Waals surface area contributed by atoms with Gasteiger partial charge in [0.1, 0.15) is 5.82 Å². The normalized spacial score (nSPS) is 24.2. The summed E-state index contributed by atoms with van der Waals surface area (Å²) in [5.74, 6) is 6.05. The number of fused-ring (bicyclic) bond motifs is 2. The molecule has 2 unspecified atom stereocenters. The van der Waals surface area contributed by atoms with Crippen LogP contribution in [0.15, 0.2) is 12.1 Å². The first kappa shape index (κ1) is 14.3. The molecule has 2 saturated heterocycles. The Morgan fingerprint density at radius 3 is 2.76 bits per heavy atom. The van der Waals surface area contributed by atoms with E-state index in [4.69, 9.17) is 10.6 Å². The van der Waals surface area contributed by atoms with Crippen LogP contribution in [-0.4, -0.2) is 41.1 Å². The van der Waals surface area contributed by atoms with Crippen molar-refractivity contribution in [3.8, 4) is 0 Å². The van der Waals surface area contributed by atoms with Crippen molar-refractivity contribution in [3.05, 3.63) is 23.4 Å². The number of nitrogens with one attached hydrogen (secondary N) is 1. The minimum atomic E-state index is 0.0476. The molecule has 6 nitrogen and oxygen atoms in total. The lowest BCUT2D eigenvalue weighted by molar-refractivity contribution is -0.0303. The summed E-state index contributed by atoms with van der Waals surface area (Å²) in [5.41, 5.74) is 4.10. The van der Waals surface area contributed by atoms with Crippen molar-refractivity contribution < 1.29 is 9.53 Å². The number of nitrogens with zero attached hydrogens (tertiary/aromatic N) is 2. The van der Waals surface area contributed by atoms with Crippen LogP contribution in [0.2, 0.25) is 0 Å². The van der Waals surface area contributed by atoms with Gasteiger partial charge in [0.25, 0.3) is 5.91 Å². The Kier molecular flexibility index (Phi) is 4.07. The van der Waals surface area contributed by atoms with Gasteiger partial charge in [-0.05, 0) is 31.4 Å². The number of hydrogen-bond acceptors (Lipinski definition) is 5. The first-order valence-corrected chi connectivity index (χ1v) is 7.62. The van der Waals surface area contributed by atoms with E-state index in [1.165, 1.54) is 0 Å². The molecule has 2 aliphatic rings. The van der Waals surface area contributed by atoms with E-state index >= 15 is 0 Å². The standard InChI is InChI=1S/C15H22N4O2/c1-2-3-11-6-10(7-14(17-11)18-16)15(20)19-8-12-4-5-13(9-19)21-12/h6-7,12-13H,2-5,8-9,16H2,1H3,(H,17,18). The van der Waals surface area contributed by atoms with E-state index < -0.39 is 0 Å². The molecule has 2 fully saturated rings. The number of carbonyl (C=O) groups is 1. The van der Waals surface area contributed by atoms with Gasteiger partial charge in [-0.15, -0.1) is 0 Å². The molecule has 2 bridgehead atoms. The summed E-state index contributed by atoms with van der Waals surface area (Å²) in [6.07, 6.45) is 4.34. The van der Waals surface area contributed by atoms with Crippen LogP contribution in [0, 0.1) is 0 Å². The Hall–Kier alpha value is -1.66. The fraction of sp³-hybridized carbons (Fsp3) is 0.600. The predicted octanol–water partition coefficient (Wildman–Crippen LogP) is 1.32. The number of anilines is 1. The van der Waals surface area contributed by atoms with Crippen molar-refractivity contribution in [1.29, 1.82) is 0 Å². The molecule has 1 aromatic rings. The van der Waals surface area contributed by atoms with Gasteiger partial charge in [-0.25, -0.2) is 10.8 Å². The summed E-state index contributed by atoms with van der Waals surface area (Å²) in [7, 11) is 0. The first-order chi connectivity index (χ1) is 10.2. The van der Waals surface area contributed by atoms with E-state index in [1.54, 1.807) is 6.07 Å². The van der Waals surface area contributed by atoms with E-state index in [-0.39, 0.29) is 18.1 Å². The van der Waals surface area contributed by atoms with Crippen LogP contribution in [0.5, 0.6) is 0 Å². The maximum absolute atomic E-state index is 12.7. The van der Waals surface area contributed by atoms with Gasteiger partial charge >= 0.3 is 0 Å². The molecule has 0 aromatic carbocycles. The lowest BCUT2D eigenvalue weighted by Gasteiger charge is -2.32. The number of nitrogen functional groups attached to an aromatic ring is 1. The fourth-order valence-corrected chi connectivity index (χ4v) is 3.13. The third kappa shape index (κ3) is 3.01. The number of pyridine rings is 1. The highest BCUT2D eigenvalue weighted by atomic mass is 16.5. The monoisotopic (exact) mass is 290 g/mol. The highest BCUT2D eigenvalue weighted by molar-refractivity contribution is 5.95. The molecule has 114 valence electrons. The smallest absolute Gasteiger partial charge is 0.254 e. The second-order valence-electron chi connectivity index (χ2n) is 5.79. The molecule has 2 atom stereocenters. The zero-order valence-corrected chi connectivity index (χ0v) is 12.3. The van der Waals surface area contributed by atoms with Crippen molar-refractivity contribution in [2.24, 2.45) is 5.84 Å². The highest BCUT2D eigenvalue weighted by Crippen LogP contribution is 2.27. The van der Waals surface area contributed by atoms with Gasteiger partial charge in [0.2, 0.25) is 0 Å². The number of carbonyl (C=O) groups excluding carboxylic acids is 1. The fourth-order valence-electron chi connectivity index (χ4n) is 3.13. The number of hydrazine groups is 1. The number of aryl methyl sites for hydroxylation is 1. The zero-order valence-electron chi connectivity index (χ0n) is 12.3. The van der Waals surface area contributed by atoms with Crippen molar-refractivity contribution in [2.45, 2.75) is 44.8 Å². The third-order valence-corrected chi connectivity index (χ3v) is 4.11. The summed E-state index contributed by atoms with van der Waals surface area (Å²) in [6, 6.07) is 3.60. The number of hydrogen-bond donors (Lipinski definition) is 2. The van der Waals surface area contributed by atoms with Crippen molar-refractivity contribution >= 4 is 11.7 Å². The summed E-state index contributed by atoms with van der Waals surface area (Å²) >= 11 is 0. The Bertz CT molecular complexity index is 522. The Labute approximate surface area is 124 Å². The molecule has 0 saturated carbocycles. The maximum atomic E-state index is 12.7. The lowest BCUT2D eigenvalue weighted by atomic mass is 10.1. The minimum Gasteiger partial charge on any atom is -0.371 e. The Morgan fingerprint density at radius 1 is 1.43 bits per heavy atom. The highest BCUT2D eigenvalue weighted by Gasteiger charge is 2.36. The number of ether oxygens (including phenoxy) is 1. The van der Waals surface area contributed by atoms with E-state index in [2.05, 4.69) is 17.3 Å². The van der Waals surface area contributed by atoms with Crippen LogP contribution in [0.1, 0.15) is 42.2 Å². The van der Waals surface area contributed by atoms with Gasteiger partial charge in [0, 0.05) is 24.3 Å². The number of nitrogens with two attached hydrogens (primary N) is 1. The van der Waals surface area contributed by atoms with Gasteiger partial charge in [-0.1, -0.05) is 13.3 Å². The molecule has 3 rings (SSSR count). The van der Waals surface area contributed by atoms with Gasteiger partial charge < -0.3 is 15.1 Å². The topological polar surface area (TPSA) is 80.5 Å². The van der Waals surface area contributed by atoms with E-state index in [9.17, 15) is 4.79 Å². The van der Waals surface area contributed by atoms with Crippen LogP contribution in [-0.2, 0) is 11.2 Å². The van der Waals surface area contributed by atoms with Crippen LogP contribution in [0.25, 0.3) is 0 Å². The molecule has 1 amide bonds. The number of aromatic nitrogens is 1. The summed E-state index contributed by atoms with van der Waals surface area (Å²) in [6.45, 7) is 3.46. The number of amides is 1. The van der Waals surface area contributed by atoms with E-state index in [1.807, 2.05) is 11.0 Å². The van der Waals surface area contributed by atoms with Crippen molar-refractivity contribution in [2.75, 3.05) is 18.5 Å². The lowest BCUT2D eigenvalue weighted by Crippen LogP contribution is -2.45. The number of likely N-dealkylation sites (tertiary alicyclic amines) is 1. The van der Waals surface area contributed by atoms with Crippen molar-refractivity contribution in [3.63, 3.8) is 0 Å². The molecule has 0 radical (unpaired) electrons. The number of rotatable bonds is 4. The Morgan fingerprint density at radius 2 is 2.14 bits per heavy atom. The largest absolute Gasteiger partial charge is 0.371 e. The van der Waals surface area contributed by atoms with Crippen LogP contribution in [0.3, 0.4) is 0 Å². The van der Waals surface area contributed by atoms with Crippen LogP contribution >= 0.6 is 0 Å². The molecule has 3 N–H and O–H groups in total. The molecule has 0 aliphatic carbocycles. The summed E-state index contributed by atoms with van der Waals surface area (Å²) in [4.78, 5) is 19.0. The number of morpholine rings is 1. The van der Waals surface area contributed by atoms with E-state index in [0.717, 1.165) is 31.4 Å². The molecule has 0 spiro atoms. The average molecular weight is 290 g/mol. The molecule has 21 heavy (non-hydrogen) atoms. The molecule has 2 aliphatic heterocycles. The first-order valence-electron chi connectivity index (χ1n) is 7.62. The van der Waals surface area contributed by atoms with E-state index in [0.29, 0.717) is 24.5 Å². The van der Waals surface area contributed by atoms with Crippen LogP contribution < -0.4 is 11.3 Å². The molecule has 6 heteroatoms. The predicted molar refractivity (Wildman–Crippen MR) is 79.8 cm³/mol. The molecular formula is C15H22N4O2. The quantitative estimate of drug-likeness (QED) is 0.646. The average Bonchev–Trinajstić information content (AvgIpc) is 2.84.